The van der Waals surface area contributed by atoms with E-state index in [-0.39, 0.29) is 0 Å². The highest BCUT2D eigenvalue weighted by molar-refractivity contribution is 6.32. The zero-order chi connectivity index (χ0) is 6.85. The number of aromatic nitrogens is 1. The van der Waals surface area contributed by atoms with Crippen molar-refractivity contribution in [2.75, 3.05) is 0 Å². The number of hydrogen-bond donors (Lipinski definition) is 0. The summed E-state index contributed by atoms with van der Waals surface area (Å²) < 4.78 is 0. The van der Waals surface area contributed by atoms with Crippen LogP contribution < -0.4 is 0 Å². The number of rotatable bonds is 0. The Morgan fingerprint density at radius 1 is 1.56 bits per heavy atom. The zero-order valence-electron chi connectivity index (χ0n) is 4.78. The average molecular weight is 161 g/mol. The predicted octanol–water partition coefficient (Wildman–Crippen LogP) is 2.50. The molecule has 0 bridgehead atoms. The van der Waals surface area contributed by atoms with Gasteiger partial charge >= 0.3 is 0 Å². The third kappa shape index (κ3) is 1.57. The minimum absolute atomic E-state index is 0.428. The SMILES string of the molecule is Cc1cc(Cl)n[c]c1Cl. The summed E-state index contributed by atoms with van der Waals surface area (Å²) in [5.41, 5.74) is 0.900. The number of aryl methyl sites for hydroxylation is 1. The standard InChI is InChI=1S/C6H4Cl2N/c1-4-2-6(8)9-3-5(4)7/h2H,1H3. The first-order valence-corrected chi connectivity index (χ1v) is 3.16. The van der Waals surface area contributed by atoms with Crippen molar-refractivity contribution >= 4 is 23.2 Å². The molecule has 0 saturated carbocycles. The van der Waals surface area contributed by atoms with Crippen LogP contribution in [0.1, 0.15) is 5.56 Å². The van der Waals surface area contributed by atoms with E-state index in [1.807, 2.05) is 6.92 Å². The lowest BCUT2D eigenvalue weighted by atomic mass is 10.3. The van der Waals surface area contributed by atoms with Gasteiger partial charge in [0.15, 0.2) is 0 Å². The summed E-state index contributed by atoms with van der Waals surface area (Å²) in [4.78, 5) is 3.65. The van der Waals surface area contributed by atoms with Crippen molar-refractivity contribution in [3.8, 4) is 0 Å². The van der Waals surface area contributed by atoms with Crippen LogP contribution in [0.25, 0.3) is 0 Å². The molecule has 1 rings (SSSR count). The molecule has 1 heterocycles. The quantitative estimate of drug-likeness (QED) is 0.532. The maximum Gasteiger partial charge on any atom is 0.130 e. The molecule has 3 heteroatoms. The van der Waals surface area contributed by atoms with E-state index in [1.54, 1.807) is 6.07 Å². The van der Waals surface area contributed by atoms with E-state index in [1.165, 1.54) is 0 Å². The number of nitrogens with zero attached hydrogens (tertiary/aromatic N) is 1. The Balaban J connectivity index is 3.17. The molecule has 0 amide bonds. The highest BCUT2D eigenvalue weighted by atomic mass is 35.5. The monoisotopic (exact) mass is 160 g/mol. The molecule has 1 aromatic heterocycles. The van der Waals surface area contributed by atoms with Gasteiger partial charge in [0.2, 0.25) is 0 Å². The van der Waals surface area contributed by atoms with E-state index < -0.39 is 0 Å². The van der Waals surface area contributed by atoms with Gasteiger partial charge < -0.3 is 0 Å². The van der Waals surface area contributed by atoms with Gasteiger partial charge in [0, 0.05) is 0 Å². The van der Waals surface area contributed by atoms with E-state index in [0.717, 1.165) is 5.56 Å². The maximum atomic E-state index is 5.60. The van der Waals surface area contributed by atoms with E-state index in [9.17, 15) is 0 Å². The molecule has 0 saturated heterocycles. The van der Waals surface area contributed by atoms with Crippen molar-refractivity contribution in [1.82, 2.24) is 4.98 Å². The summed E-state index contributed by atoms with van der Waals surface area (Å²) in [7, 11) is 0. The van der Waals surface area contributed by atoms with Crippen LogP contribution in [-0.4, -0.2) is 4.98 Å². The Bertz CT molecular complexity index is 222. The smallest absolute Gasteiger partial charge is 0.130 e. The fourth-order valence-electron chi connectivity index (χ4n) is 0.465. The molecule has 1 radical (unpaired) electrons. The van der Waals surface area contributed by atoms with Crippen LogP contribution in [0.4, 0.5) is 0 Å². The lowest BCUT2D eigenvalue weighted by Crippen LogP contribution is -1.78. The third-order valence-corrected chi connectivity index (χ3v) is 1.52. The fourth-order valence-corrected chi connectivity index (χ4v) is 0.768. The second-order valence-corrected chi connectivity index (χ2v) is 2.45. The first-order chi connectivity index (χ1) is 4.20. The predicted molar refractivity (Wildman–Crippen MR) is 37.8 cm³/mol. The van der Waals surface area contributed by atoms with Crippen molar-refractivity contribution in [3.63, 3.8) is 0 Å². The highest BCUT2D eigenvalue weighted by Gasteiger charge is 1.94. The lowest BCUT2D eigenvalue weighted by molar-refractivity contribution is 1.27. The van der Waals surface area contributed by atoms with Gasteiger partial charge in [-0.05, 0) is 18.6 Å². The van der Waals surface area contributed by atoms with Gasteiger partial charge in [0.1, 0.15) is 11.3 Å². The molecule has 0 aliphatic rings. The molecule has 0 unspecified atom stereocenters. The van der Waals surface area contributed by atoms with E-state index >= 15 is 0 Å². The molecular weight excluding hydrogens is 157 g/mol. The Morgan fingerprint density at radius 3 is 2.67 bits per heavy atom. The molecule has 0 spiro atoms. The first kappa shape index (κ1) is 6.84. The lowest BCUT2D eigenvalue weighted by Gasteiger charge is -1.93. The maximum absolute atomic E-state index is 5.60. The van der Waals surface area contributed by atoms with Gasteiger partial charge in [-0.3, -0.25) is 0 Å². The normalized spacial score (nSPS) is 9.67. The molecule has 0 fully saturated rings. The Hall–Kier alpha value is -0.270. The Morgan fingerprint density at radius 2 is 2.22 bits per heavy atom. The Labute approximate surface area is 63.6 Å². The number of pyridine rings is 1. The van der Waals surface area contributed by atoms with Gasteiger partial charge in [-0.1, -0.05) is 23.2 Å². The van der Waals surface area contributed by atoms with Crippen molar-refractivity contribution in [1.29, 1.82) is 0 Å². The van der Waals surface area contributed by atoms with Crippen molar-refractivity contribution in [2.45, 2.75) is 6.92 Å². The molecule has 0 aliphatic heterocycles. The van der Waals surface area contributed by atoms with Crippen molar-refractivity contribution < 1.29 is 0 Å². The number of halogens is 2. The first-order valence-electron chi connectivity index (χ1n) is 2.40. The van der Waals surface area contributed by atoms with Crippen LogP contribution in [0, 0.1) is 13.1 Å². The summed E-state index contributed by atoms with van der Waals surface area (Å²) in [6, 6.07) is 1.69. The molecule has 0 aliphatic carbocycles. The second-order valence-electron chi connectivity index (χ2n) is 1.69. The van der Waals surface area contributed by atoms with Gasteiger partial charge in [0.25, 0.3) is 0 Å². The minimum Gasteiger partial charge on any atom is -0.233 e. The number of hydrogen-bond acceptors (Lipinski definition) is 1. The van der Waals surface area contributed by atoms with Gasteiger partial charge in [-0.15, -0.1) is 0 Å². The Kier molecular flexibility index (Phi) is 1.94. The van der Waals surface area contributed by atoms with Crippen LogP contribution in [0.15, 0.2) is 6.07 Å². The molecular formula is C6H4Cl2N. The largest absolute Gasteiger partial charge is 0.233 e. The van der Waals surface area contributed by atoms with Gasteiger partial charge in [-0.25, -0.2) is 4.98 Å². The van der Waals surface area contributed by atoms with Gasteiger partial charge in [0.05, 0.1) is 5.02 Å². The topological polar surface area (TPSA) is 12.9 Å². The van der Waals surface area contributed by atoms with Crippen LogP contribution in [0.3, 0.4) is 0 Å². The zero-order valence-corrected chi connectivity index (χ0v) is 6.29. The highest BCUT2D eigenvalue weighted by Crippen LogP contribution is 2.15. The van der Waals surface area contributed by atoms with E-state index in [0.29, 0.717) is 10.2 Å². The summed E-state index contributed by atoms with van der Waals surface area (Å²) in [5, 5.41) is 0.955. The summed E-state index contributed by atoms with van der Waals surface area (Å²) in [6.07, 6.45) is 2.55. The van der Waals surface area contributed by atoms with Crippen molar-refractivity contribution in [2.24, 2.45) is 0 Å². The average Bonchev–Trinajstić information content (AvgIpc) is 1.80. The molecule has 47 valence electrons. The minimum atomic E-state index is 0.428. The van der Waals surface area contributed by atoms with Crippen LogP contribution >= 0.6 is 23.2 Å². The van der Waals surface area contributed by atoms with Gasteiger partial charge in [-0.2, -0.15) is 0 Å². The fraction of sp³-hybridized carbons (Fsp3) is 0.167. The van der Waals surface area contributed by atoms with E-state index in [2.05, 4.69) is 11.2 Å². The molecule has 1 aromatic rings. The molecule has 0 aromatic carbocycles. The summed E-state index contributed by atoms with van der Waals surface area (Å²) >= 11 is 11.1. The van der Waals surface area contributed by atoms with Crippen LogP contribution in [-0.2, 0) is 0 Å². The summed E-state index contributed by atoms with van der Waals surface area (Å²) in [6.45, 7) is 1.85. The van der Waals surface area contributed by atoms with Crippen LogP contribution in [0.2, 0.25) is 10.2 Å². The van der Waals surface area contributed by atoms with Crippen LogP contribution in [0.5, 0.6) is 0 Å². The third-order valence-electron chi connectivity index (χ3n) is 0.943. The summed E-state index contributed by atoms with van der Waals surface area (Å²) in [5.74, 6) is 0. The molecule has 1 nitrogen and oxygen atoms in total. The van der Waals surface area contributed by atoms with E-state index in [4.69, 9.17) is 23.2 Å². The molecule has 0 atom stereocenters. The van der Waals surface area contributed by atoms with Crippen molar-refractivity contribution in [3.05, 3.63) is 28.0 Å². The second kappa shape index (κ2) is 2.54. The molecule has 0 N–H and O–H groups in total. The molecule has 9 heavy (non-hydrogen) atoms.